The molecule has 0 aliphatic heterocycles. The number of benzene rings is 3. The number of hydrogen-bond acceptors (Lipinski definition) is 15. The van der Waals surface area contributed by atoms with Gasteiger partial charge in [-0.25, -0.2) is 9.78 Å². The van der Waals surface area contributed by atoms with E-state index in [0.29, 0.717) is 86.8 Å². The molecule has 0 saturated heterocycles. The lowest BCUT2D eigenvalue weighted by molar-refractivity contribution is -0.149. The molecule has 0 atom stereocenters. The number of fused-ring (bicyclic) bond motifs is 1. The molecule has 2 aliphatic carbocycles. The molecule has 2 aliphatic rings. The Balaban J connectivity index is 0.979. The van der Waals surface area contributed by atoms with Crippen LogP contribution in [0.4, 0.5) is 5.13 Å². The number of carbonyl (C=O) groups is 5. The molecule has 0 amide bonds. The highest BCUT2D eigenvalue weighted by Gasteiger charge is 2.33. The van der Waals surface area contributed by atoms with Crippen LogP contribution in [0.2, 0.25) is 0 Å². The molecule has 1 heterocycles. The maximum absolute atomic E-state index is 13.4. The fourth-order valence-electron chi connectivity index (χ4n) is 7.33. The Morgan fingerprint density at radius 2 is 1.26 bits per heavy atom. The fourth-order valence-corrected chi connectivity index (χ4v) is 8.15. The third kappa shape index (κ3) is 13.2. The first kappa shape index (κ1) is 44.5. The number of unbranched alkanes of at least 4 members (excludes halogenated alkanes) is 3. The van der Waals surface area contributed by atoms with Gasteiger partial charge in [-0.05, 0) is 132 Å². The zero-order valence-electron chi connectivity index (χ0n) is 34.2. The van der Waals surface area contributed by atoms with E-state index in [1.807, 2.05) is 24.3 Å². The molecule has 322 valence electrons. The molecule has 1 N–H and O–H groups in total. The lowest BCUT2D eigenvalue weighted by atomic mass is 9.82. The maximum atomic E-state index is 13.4. The molecule has 0 unspecified atom stereocenters. The van der Waals surface area contributed by atoms with Gasteiger partial charge in [-0.1, -0.05) is 30.0 Å². The largest absolute Gasteiger partial charge is 0.494 e. The third-order valence-corrected chi connectivity index (χ3v) is 11.8. The summed E-state index contributed by atoms with van der Waals surface area (Å²) in [4.78, 5) is 67.3. The summed E-state index contributed by atoms with van der Waals surface area (Å²) in [6.07, 6.45) is 10.1. The minimum absolute atomic E-state index is 0.226. The van der Waals surface area contributed by atoms with Gasteiger partial charge in [-0.2, -0.15) is 5.10 Å². The molecule has 3 aromatic carbocycles. The van der Waals surface area contributed by atoms with Gasteiger partial charge in [0.2, 0.25) is 5.13 Å². The maximum Gasteiger partial charge on any atom is 0.330 e. The average Bonchev–Trinajstić information content (AvgIpc) is 3.71. The van der Waals surface area contributed by atoms with E-state index in [-0.39, 0.29) is 41.2 Å². The van der Waals surface area contributed by atoms with E-state index >= 15 is 0 Å². The summed E-state index contributed by atoms with van der Waals surface area (Å²) < 4.78 is 34.0. The third-order valence-electron chi connectivity index (χ3n) is 10.8. The van der Waals surface area contributed by atoms with Gasteiger partial charge in [0.15, 0.2) is 0 Å². The van der Waals surface area contributed by atoms with E-state index in [1.165, 1.54) is 24.7 Å². The number of hydrazone groups is 1. The van der Waals surface area contributed by atoms with Crippen LogP contribution in [0.15, 0.2) is 84.5 Å². The zero-order valence-corrected chi connectivity index (χ0v) is 35.0. The number of methoxy groups -OCH3 is 1. The van der Waals surface area contributed by atoms with Crippen molar-refractivity contribution in [3.8, 4) is 23.0 Å². The standard InChI is InChI=1S/C46H51N3O11S/c1-3-41(50)57-27-9-5-4-8-26-56-35-20-22-36(23-21-35)58-43(52)31-16-18-32(19-17-31)44(53)59-37-24-25-39(60-45(54)33-14-12-30(13-15-33)42(51)55-2)34(28-37)29-47-49-46-48-38-10-6-7-11-40(38)61-46/h3,6-7,10-11,20-25,28-33H,1,4-5,8-9,12-19,26-27H2,2H3,(H,48,49)/b47-29+/t30-,31-,32-,33-. The second-order valence-corrected chi connectivity index (χ2v) is 16.1. The normalized spacial score (nSPS) is 18.8. The van der Waals surface area contributed by atoms with Crippen LogP contribution in [0.1, 0.15) is 82.6 Å². The first-order valence-electron chi connectivity index (χ1n) is 20.7. The van der Waals surface area contributed by atoms with Crippen molar-refractivity contribution in [2.24, 2.45) is 28.8 Å². The predicted octanol–water partition coefficient (Wildman–Crippen LogP) is 8.61. The van der Waals surface area contributed by atoms with Crippen molar-refractivity contribution in [3.63, 3.8) is 0 Å². The zero-order chi connectivity index (χ0) is 43.0. The summed E-state index contributed by atoms with van der Waals surface area (Å²) in [6.45, 7) is 4.30. The van der Waals surface area contributed by atoms with Crippen LogP contribution >= 0.6 is 11.3 Å². The molecule has 61 heavy (non-hydrogen) atoms. The number of nitrogens with one attached hydrogen (secondary N) is 1. The molecule has 14 nitrogen and oxygen atoms in total. The van der Waals surface area contributed by atoms with Crippen molar-refractivity contribution in [1.29, 1.82) is 0 Å². The van der Waals surface area contributed by atoms with Gasteiger partial charge in [-0.15, -0.1) is 0 Å². The van der Waals surface area contributed by atoms with E-state index in [9.17, 15) is 24.0 Å². The topological polar surface area (TPSA) is 178 Å². The smallest absolute Gasteiger partial charge is 0.330 e. The van der Waals surface area contributed by atoms with Crippen molar-refractivity contribution in [2.45, 2.75) is 77.0 Å². The quantitative estimate of drug-likeness (QED) is 0.0237. The first-order valence-corrected chi connectivity index (χ1v) is 21.5. The van der Waals surface area contributed by atoms with Crippen LogP contribution < -0.4 is 24.4 Å². The van der Waals surface area contributed by atoms with E-state index in [4.69, 9.17) is 28.4 Å². The predicted molar refractivity (Wildman–Crippen MR) is 229 cm³/mol. The number of thiazole rings is 1. The molecular weight excluding hydrogens is 803 g/mol. The van der Waals surface area contributed by atoms with Gasteiger partial charge in [0.05, 0.1) is 60.4 Å². The summed E-state index contributed by atoms with van der Waals surface area (Å²) in [5.41, 5.74) is 4.18. The Morgan fingerprint density at radius 3 is 1.89 bits per heavy atom. The Kier molecular flexibility index (Phi) is 16.4. The number of anilines is 1. The molecular formula is C46H51N3O11S. The number of para-hydroxylation sites is 1. The van der Waals surface area contributed by atoms with Gasteiger partial charge in [-0.3, -0.25) is 24.6 Å². The van der Waals surface area contributed by atoms with Crippen molar-refractivity contribution < 1.29 is 52.4 Å². The number of ether oxygens (including phenoxy) is 6. The molecule has 0 radical (unpaired) electrons. The van der Waals surface area contributed by atoms with Crippen molar-refractivity contribution in [1.82, 2.24) is 4.98 Å². The molecule has 6 rings (SSSR count). The summed E-state index contributed by atoms with van der Waals surface area (Å²) in [7, 11) is 1.37. The number of esters is 5. The fraction of sp³-hybridized carbons (Fsp3) is 0.413. The lowest BCUT2D eigenvalue weighted by Gasteiger charge is -2.26. The van der Waals surface area contributed by atoms with Crippen molar-refractivity contribution >= 4 is 62.7 Å². The average molecular weight is 854 g/mol. The molecule has 0 bridgehead atoms. The van der Waals surface area contributed by atoms with Crippen molar-refractivity contribution in [2.75, 3.05) is 25.7 Å². The number of rotatable bonds is 19. The van der Waals surface area contributed by atoms with Crippen LogP contribution in [0.5, 0.6) is 23.0 Å². The second-order valence-electron chi connectivity index (χ2n) is 15.0. The van der Waals surface area contributed by atoms with E-state index in [1.54, 1.807) is 42.5 Å². The number of hydrogen-bond donors (Lipinski definition) is 1. The lowest BCUT2D eigenvalue weighted by Crippen LogP contribution is -2.30. The Labute approximate surface area is 358 Å². The molecule has 0 spiro atoms. The summed E-state index contributed by atoms with van der Waals surface area (Å²) >= 11 is 1.44. The Bertz CT molecular complexity index is 2140. The number of nitrogens with zero attached hydrogens (tertiary/aromatic N) is 2. The Hall–Kier alpha value is -6.09. The summed E-state index contributed by atoms with van der Waals surface area (Å²) in [5.74, 6) is -1.63. The second kappa shape index (κ2) is 22.5. The Morgan fingerprint density at radius 1 is 0.705 bits per heavy atom. The highest BCUT2D eigenvalue weighted by molar-refractivity contribution is 7.22. The molecule has 15 heteroatoms. The number of aromatic nitrogens is 1. The SMILES string of the molecule is C=CC(=O)OCCCCCCOc1ccc(OC(=O)[C@H]2CC[C@H](C(=O)Oc3ccc(OC(=O)[C@H]4CC[C@H](C(=O)OC)CC4)c(/C=N/Nc4nc5ccccc5s4)c3)CC2)cc1. The molecule has 4 aromatic rings. The van der Waals surface area contributed by atoms with Gasteiger partial charge in [0.1, 0.15) is 23.0 Å². The highest BCUT2D eigenvalue weighted by Crippen LogP contribution is 2.34. The molecule has 2 saturated carbocycles. The van der Waals surface area contributed by atoms with Crippen LogP contribution in [0.3, 0.4) is 0 Å². The van der Waals surface area contributed by atoms with Crippen LogP contribution in [0, 0.1) is 23.7 Å². The minimum atomic E-state index is -0.418. The van der Waals surface area contributed by atoms with E-state index < -0.39 is 23.8 Å². The van der Waals surface area contributed by atoms with Crippen LogP contribution in [-0.2, 0) is 33.4 Å². The van der Waals surface area contributed by atoms with Gasteiger partial charge >= 0.3 is 29.8 Å². The van der Waals surface area contributed by atoms with Crippen molar-refractivity contribution in [3.05, 3.63) is 84.9 Å². The van der Waals surface area contributed by atoms with Crippen LogP contribution in [0.25, 0.3) is 10.2 Å². The van der Waals surface area contributed by atoms with Gasteiger partial charge in [0, 0.05) is 11.6 Å². The van der Waals surface area contributed by atoms with Gasteiger partial charge in [0.25, 0.3) is 0 Å². The summed E-state index contributed by atoms with van der Waals surface area (Å²) in [6, 6.07) is 19.4. The molecule has 1 aromatic heterocycles. The summed E-state index contributed by atoms with van der Waals surface area (Å²) in [5, 5.41) is 4.93. The highest BCUT2D eigenvalue weighted by atomic mass is 32.1. The van der Waals surface area contributed by atoms with E-state index in [0.717, 1.165) is 42.0 Å². The number of carbonyl (C=O) groups excluding carboxylic acids is 5. The molecule has 2 fully saturated rings. The van der Waals surface area contributed by atoms with E-state index in [2.05, 4.69) is 22.1 Å². The monoisotopic (exact) mass is 853 g/mol. The van der Waals surface area contributed by atoms with Crippen LogP contribution in [-0.4, -0.2) is 61.4 Å². The van der Waals surface area contributed by atoms with Gasteiger partial charge < -0.3 is 28.4 Å². The minimum Gasteiger partial charge on any atom is -0.494 e. The first-order chi connectivity index (χ1) is 29.7.